The zero-order valence-corrected chi connectivity index (χ0v) is 14.0. The van der Waals surface area contributed by atoms with E-state index in [1.165, 1.54) is 6.42 Å². The quantitative estimate of drug-likeness (QED) is 0.900. The maximum Gasteiger partial charge on any atom is 0.414 e. The molecule has 1 aromatic rings. The van der Waals surface area contributed by atoms with Gasteiger partial charge in [0.15, 0.2) is 0 Å². The van der Waals surface area contributed by atoms with Crippen molar-refractivity contribution in [3.8, 4) is 5.75 Å². The predicted molar refractivity (Wildman–Crippen MR) is 90.2 cm³/mol. The average molecular weight is 332 g/mol. The number of carbonyl (C=O) groups excluding carboxylic acids is 2. The van der Waals surface area contributed by atoms with Crippen LogP contribution in [-0.2, 0) is 9.53 Å². The van der Waals surface area contributed by atoms with E-state index in [1.54, 1.807) is 24.1 Å². The summed E-state index contributed by atoms with van der Waals surface area (Å²) in [6.45, 7) is 0.809. The number of ether oxygens (including phenoxy) is 2. The summed E-state index contributed by atoms with van der Waals surface area (Å²) >= 11 is 0. The topological polar surface area (TPSA) is 67.9 Å². The number of nitrogens with one attached hydrogen (secondary N) is 1. The van der Waals surface area contributed by atoms with E-state index in [0.717, 1.165) is 37.1 Å². The zero-order valence-electron chi connectivity index (χ0n) is 14.0. The SMILES string of the molecule is COc1ccc(N2CC(CNC(=O)C3CCCCC3)OC2=O)cc1. The van der Waals surface area contributed by atoms with Crippen LogP contribution in [0, 0.1) is 5.92 Å². The number of methoxy groups -OCH3 is 1. The summed E-state index contributed by atoms with van der Waals surface area (Å²) in [4.78, 5) is 25.8. The lowest BCUT2D eigenvalue weighted by atomic mass is 9.88. The normalized spacial score (nSPS) is 21.5. The molecule has 24 heavy (non-hydrogen) atoms. The maximum absolute atomic E-state index is 12.2. The van der Waals surface area contributed by atoms with Gasteiger partial charge in [-0.25, -0.2) is 4.79 Å². The van der Waals surface area contributed by atoms with Gasteiger partial charge in [0.25, 0.3) is 0 Å². The van der Waals surface area contributed by atoms with Crippen LogP contribution in [0.4, 0.5) is 10.5 Å². The number of rotatable bonds is 5. The summed E-state index contributed by atoms with van der Waals surface area (Å²) in [6, 6.07) is 7.26. The van der Waals surface area contributed by atoms with Crippen LogP contribution in [0.1, 0.15) is 32.1 Å². The average Bonchev–Trinajstić information content (AvgIpc) is 3.01. The molecule has 3 rings (SSSR count). The Morgan fingerprint density at radius 3 is 2.62 bits per heavy atom. The van der Waals surface area contributed by atoms with Crippen molar-refractivity contribution in [2.45, 2.75) is 38.2 Å². The second-order valence-corrected chi connectivity index (χ2v) is 6.39. The van der Waals surface area contributed by atoms with E-state index >= 15 is 0 Å². The van der Waals surface area contributed by atoms with Gasteiger partial charge in [-0.1, -0.05) is 19.3 Å². The van der Waals surface area contributed by atoms with E-state index in [1.807, 2.05) is 12.1 Å². The van der Waals surface area contributed by atoms with Crippen LogP contribution in [0.15, 0.2) is 24.3 Å². The monoisotopic (exact) mass is 332 g/mol. The summed E-state index contributed by atoms with van der Waals surface area (Å²) in [6.07, 6.45) is 4.72. The summed E-state index contributed by atoms with van der Waals surface area (Å²) in [5.41, 5.74) is 0.766. The molecule has 6 heteroatoms. The van der Waals surface area contributed by atoms with Crippen LogP contribution < -0.4 is 15.0 Å². The first kappa shape index (κ1) is 16.6. The fraction of sp³-hybridized carbons (Fsp3) is 0.556. The molecule has 0 bridgehead atoms. The van der Waals surface area contributed by atoms with E-state index in [4.69, 9.17) is 9.47 Å². The van der Waals surface area contributed by atoms with Gasteiger partial charge in [0, 0.05) is 11.6 Å². The first-order chi connectivity index (χ1) is 11.7. The van der Waals surface area contributed by atoms with Crippen LogP contribution in [0.25, 0.3) is 0 Å². The van der Waals surface area contributed by atoms with Crippen LogP contribution >= 0.6 is 0 Å². The van der Waals surface area contributed by atoms with Crippen LogP contribution in [-0.4, -0.2) is 38.3 Å². The Balaban J connectivity index is 1.51. The Morgan fingerprint density at radius 1 is 1.25 bits per heavy atom. The highest BCUT2D eigenvalue weighted by Gasteiger charge is 2.33. The molecule has 130 valence electrons. The second kappa shape index (κ2) is 7.55. The second-order valence-electron chi connectivity index (χ2n) is 6.39. The van der Waals surface area contributed by atoms with Gasteiger partial charge in [-0.05, 0) is 37.1 Å². The molecule has 2 aliphatic rings. The molecule has 1 N–H and O–H groups in total. The van der Waals surface area contributed by atoms with Gasteiger partial charge in [-0.3, -0.25) is 9.69 Å². The molecule has 6 nitrogen and oxygen atoms in total. The van der Waals surface area contributed by atoms with Crippen LogP contribution in [0.2, 0.25) is 0 Å². The minimum absolute atomic E-state index is 0.0913. The van der Waals surface area contributed by atoms with Crippen molar-refractivity contribution in [1.82, 2.24) is 5.32 Å². The molecule has 1 aliphatic carbocycles. The van der Waals surface area contributed by atoms with Gasteiger partial charge in [-0.2, -0.15) is 0 Å². The van der Waals surface area contributed by atoms with Crippen LogP contribution in [0.3, 0.4) is 0 Å². The van der Waals surface area contributed by atoms with E-state index in [0.29, 0.717) is 13.1 Å². The molecule has 1 unspecified atom stereocenters. The lowest BCUT2D eigenvalue weighted by Gasteiger charge is -2.21. The smallest absolute Gasteiger partial charge is 0.414 e. The molecule has 0 spiro atoms. The molecule has 0 aromatic heterocycles. The molecular formula is C18H24N2O4. The molecule has 0 radical (unpaired) electrons. The van der Waals surface area contributed by atoms with Crippen molar-refractivity contribution < 1.29 is 19.1 Å². The van der Waals surface area contributed by atoms with Crippen molar-refractivity contribution in [3.05, 3.63) is 24.3 Å². The molecule has 1 aliphatic heterocycles. The predicted octanol–water partition coefficient (Wildman–Crippen LogP) is 2.72. The highest BCUT2D eigenvalue weighted by molar-refractivity contribution is 5.90. The van der Waals surface area contributed by atoms with Crippen molar-refractivity contribution in [2.24, 2.45) is 5.92 Å². The number of hydrogen-bond donors (Lipinski definition) is 1. The van der Waals surface area contributed by atoms with Crippen molar-refractivity contribution >= 4 is 17.7 Å². The Morgan fingerprint density at radius 2 is 1.96 bits per heavy atom. The number of carbonyl (C=O) groups is 2. The minimum atomic E-state index is -0.378. The Hall–Kier alpha value is -2.24. The number of amides is 2. The van der Waals surface area contributed by atoms with Gasteiger partial charge >= 0.3 is 6.09 Å². The van der Waals surface area contributed by atoms with Crippen molar-refractivity contribution in [2.75, 3.05) is 25.1 Å². The van der Waals surface area contributed by atoms with Crippen molar-refractivity contribution in [3.63, 3.8) is 0 Å². The molecule has 1 saturated heterocycles. The van der Waals surface area contributed by atoms with Gasteiger partial charge in [0.1, 0.15) is 11.9 Å². The number of hydrogen-bond acceptors (Lipinski definition) is 4. The lowest BCUT2D eigenvalue weighted by Crippen LogP contribution is -2.38. The molecule has 2 amide bonds. The third-order valence-corrected chi connectivity index (χ3v) is 4.74. The first-order valence-corrected chi connectivity index (χ1v) is 8.57. The standard InChI is InChI=1S/C18H24N2O4/c1-23-15-9-7-14(8-10-15)20-12-16(24-18(20)22)11-19-17(21)13-5-3-2-4-6-13/h7-10,13,16H,2-6,11-12H2,1H3,(H,19,21). The molecular weight excluding hydrogens is 308 g/mol. The van der Waals surface area contributed by atoms with Gasteiger partial charge in [0.2, 0.25) is 5.91 Å². The highest BCUT2D eigenvalue weighted by Crippen LogP contribution is 2.25. The van der Waals surface area contributed by atoms with Gasteiger partial charge in [0.05, 0.1) is 20.2 Å². The molecule has 2 fully saturated rings. The van der Waals surface area contributed by atoms with E-state index in [9.17, 15) is 9.59 Å². The summed E-state index contributed by atoms with van der Waals surface area (Å²) in [5, 5.41) is 2.94. The fourth-order valence-corrected chi connectivity index (χ4v) is 3.32. The minimum Gasteiger partial charge on any atom is -0.497 e. The van der Waals surface area contributed by atoms with Gasteiger partial charge in [-0.15, -0.1) is 0 Å². The summed E-state index contributed by atoms with van der Waals surface area (Å²) < 4.78 is 10.5. The Labute approximate surface area is 142 Å². The fourth-order valence-electron chi connectivity index (χ4n) is 3.32. The summed E-state index contributed by atoms with van der Waals surface area (Å²) in [7, 11) is 1.60. The van der Waals surface area contributed by atoms with E-state index in [-0.39, 0.29) is 24.0 Å². The molecule has 1 atom stereocenters. The van der Waals surface area contributed by atoms with Gasteiger partial charge < -0.3 is 14.8 Å². The third-order valence-electron chi connectivity index (χ3n) is 4.74. The number of benzene rings is 1. The largest absolute Gasteiger partial charge is 0.497 e. The summed E-state index contributed by atoms with van der Waals surface area (Å²) in [5.74, 6) is 0.949. The molecule has 1 saturated carbocycles. The number of anilines is 1. The highest BCUT2D eigenvalue weighted by atomic mass is 16.6. The van der Waals surface area contributed by atoms with Crippen molar-refractivity contribution in [1.29, 1.82) is 0 Å². The Bertz CT molecular complexity index is 581. The zero-order chi connectivity index (χ0) is 16.9. The Kier molecular flexibility index (Phi) is 5.23. The first-order valence-electron chi connectivity index (χ1n) is 8.57. The maximum atomic E-state index is 12.2. The number of nitrogens with zero attached hydrogens (tertiary/aromatic N) is 1. The molecule has 1 aromatic carbocycles. The molecule has 1 heterocycles. The van der Waals surface area contributed by atoms with E-state index in [2.05, 4.69) is 5.32 Å². The lowest BCUT2D eigenvalue weighted by molar-refractivity contribution is -0.126. The third kappa shape index (κ3) is 3.80. The number of cyclic esters (lactones) is 1. The van der Waals surface area contributed by atoms with Crippen LogP contribution in [0.5, 0.6) is 5.75 Å². The van der Waals surface area contributed by atoms with E-state index < -0.39 is 0 Å².